The van der Waals surface area contributed by atoms with Crippen LogP contribution in [0.15, 0.2) is 24.3 Å². The van der Waals surface area contributed by atoms with Crippen LogP contribution < -0.4 is 0 Å². The average molecular weight is 178 g/mol. The molecule has 0 aliphatic carbocycles. The first kappa shape index (κ1) is 7.22. The number of nitrogens with zero attached hydrogens (tertiary/aromatic N) is 2. The van der Waals surface area contributed by atoms with Gasteiger partial charge in [0.05, 0.1) is 0 Å². The molecule has 1 heterocycles. The molecule has 1 aromatic heterocycles. The third kappa shape index (κ3) is 1.02. The van der Waals surface area contributed by atoms with E-state index in [9.17, 15) is 0 Å². The summed E-state index contributed by atoms with van der Waals surface area (Å²) in [5.74, 6) is 0. The van der Waals surface area contributed by atoms with E-state index < -0.39 is 0 Å². The van der Waals surface area contributed by atoms with E-state index in [0.717, 1.165) is 11.0 Å². The second kappa shape index (κ2) is 2.80. The van der Waals surface area contributed by atoms with Crippen molar-refractivity contribution in [3.8, 4) is 0 Å². The molecule has 1 N–H and O–H groups in total. The van der Waals surface area contributed by atoms with E-state index in [1.54, 1.807) is 0 Å². The number of fused-ring (bicyclic) bond motifs is 1. The molecule has 0 radical (unpaired) electrons. The van der Waals surface area contributed by atoms with E-state index in [1.165, 1.54) is 0 Å². The first-order valence-electron chi connectivity index (χ1n) is 2.72. The van der Waals surface area contributed by atoms with E-state index in [-0.39, 0.29) is 16.5 Å². The van der Waals surface area contributed by atoms with E-state index >= 15 is 0 Å². The molecule has 0 atom stereocenters. The molecule has 0 amide bonds. The number of H-pyrrole nitrogens is 1. The van der Waals surface area contributed by atoms with Crippen molar-refractivity contribution in [2.24, 2.45) is 0 Å². The molecular weight excluding hydrogens is 173 g/mol. The van der Waals surface area contributed by atoms with Gasteiger partial charge >= 0.3 is 0 Å². The molecule has 3 nitrogen and oxygen atoms in total. The Kier molecular flexibility index (Phi) is 2.02. The van der Waals surface area contributed by atoms with Crippen LogP contribution in [0.25, 0.3) is 11.0 Å². The molecule has 0 aliphatic rings. The standard InChI is InChI=1S/C6H5N3.Ni/c1-2-4-6-5(3-1)7-9-8-6;/h1-4H,(H,7,8,9);. The van der Waals surface area contributed by atoms with E-state index in [1.807, 2.05) is 24.3 Å². The number of rotatable bonds is 0. The molecule has 0 unspecified atom stereocenters. The van der Waals surface area contributed by atoms with Gasteiger partial charge in [-0.05, 0) is 12.1 Å². The number of para-hydroxylation sites is 2. The van der Waals surface area contributed by atoms with Crippen molar-refractivity contribution in [3.05, 3.63) is 24.3 Å². The number of aromatic amines is 1. The Bertz CT molecular complexity index is 287. The smallest absolute Gasteiger partial charge is 0.112 e. The van der Waals surface area contributed by atoms with Crippen LogP contribution in [-0.2, 0) is 16.5 Å². The van der Waals surface area contributed by atoms with Crippen molar-refractivity contribution in [2.45, 2.75) is 0 Å². The molecular formula is C6H5N3Ni. The summed E-state index contributed by atoms with van der Waals surface area (Å²) in [7, 11) is 0. The average Bonchev–Trinajstić information content (AvgIpc) is 2.33. The van der Waals surface area contributed by atoms with Crippen LogP contribution in [0.3, 0.4) is 0 Å². The Morgan fingerprint density at radius 2 is 1.50 bits per heavy atom. The number of nitrogens with one attached hydrogen (secondary N) is 1. The fraction of sp³-hybridized carbons (Fsp3) is 0. The third-order valence-electron chi connectivity index (χ3n) is 1.22. The zero-order chi connectivity index (χ0) is 6.10. The van der Waals surface area contributed by atoms with E-state index in [0.29, 0.717) is 0 Å². The number of hydrogen-bond donors (Lipinski definition) is 1. The van der Waals surface area contributed by atoms with E-state index in [4.69, 9.17) is 0 Å². The zero-order valence-electron chi connectivity index (χ0n) is 5.02. The Morgan fingerprint density at radius 1 is 1.00 bits per heavy atom. The van der Waals surface area contributed by atoms with Gasteiger partial charge in [0.1, 0.15) is 11.0 Å². The van der Waals surface area contributed by atoms with Crippen LogP contribution in [0.5, 0.6) is 0 Å². The van der Waals surface area contributed by atoms with Crippen LogP contribution >= 0.6 is 0 Å². The van der Waals surface area contributed by atoms with E-state index in [2.05, 4.69) is 15.4 Å². The molecule has 10 heavy (non-hydrogen) atoms. The monoisotopic (exact) mass is 177 g/mol. The first-order chi connectivity index (χ1) is 4.47. The van der Waals surface area contributed by atoms with Crippen LogP contribution in [0.4, 0.5) is 0 Å². The van der Waals surface area contributed by atoms with Gasteiger partial charge in [-0.2, -0.15) is 15.4 Å². The molecule has 0 saturated carbocycles. The quantitative estimate of drug-likeness (QED) is 0.610. The van der Waals surface area contributed by atoms with Crippen molar-refractivity contribution in [2.75, 3.05) is 0 Å². The number of benzene rings is 1. The topological polar surface area (TPSA) is 41.6 Å². The third-order valence-corrected chi connectivity index (χ3v) is 1.22. The van der Waals surface area contributed by atoms with Gasteiger partial charge in [0.25, 0.3) is 0 Å². The van der Waals surface area contributed by atoms with Gasteiger partial charge in [-0.3, -0.25) is 0 Å². The Balaban J connectivity index is 0.000000500. The summed E-state index contributed by atoms with van der Waals surface area (Å²) in [6, 6.07) is 7.70. The molecule has 0 aliphatic heterocycles. The van der Waals surface area contributed by atoms with Crippen molar-refractivity contribution in [1.82, 2.24) is 15.4 Å². The summed E-state index contributed by atoms with van der Waals surface area (Å²) in [6.07, 6.45) is 0. The van der Waals surface area contributed by atoms with Gasteiger partial charge in [0.2, 0.25) is 0 Å². The maximum absolute atomic E-state index is 3.88. The van der Waals surface area contributed by atoms with Crippen LogP contribution in [0, 0.1) is 0 Å². The largest absolute Gasteiger partial charge is 0.197 e. The minimum absolute atomic E-state index is 0. The van der Waals surface area contributed by atoms with Gasteiger partial charge < -0.3 is 0 Å². The molecule has 0 saturated heterocycles. The van der Waals surface area contributed by atoms with Crippen LogP contribution in [-0.4, -0.2) is 15.4 Å². The fourth-order valence-electron chi connectivity index (χ4n) is 0.786. The summed E-state index contributed by atoms with van der Waals surface area (Å²) in [6.45, 7) is 0. The minimum atomic E-state index is 0. The molecule has 0 spiro atoms. The number of hydrogen-bond acceptors (Lipinski definition) is 2. The van der Waals surface area contributed by atoms with Crippen molar-refractivity contribution in [1.29, 1.82) is 0 Å². The summed E-state index contributed by atoms with van der Waals surface area (Å²) in [5, 5.41) is 10.3. The summed E-state index contributed by atoms with van der Waals surface area (Å²) in [5.41, 5.74) is 1.83. The Labute approximate surface area is 67.7 Å². The molecule has 1 aromatic carbocycles. The minimum Gasteiger partial charge on any atom is -0.197 e. The predicted molar refractivity (Wildman–Crippen MR) is 33.9 cm³/mol. The second-order valence-corrected chi connectivity index (χ2v) is 1.81. The van der Waals surface area contributed by atoms with Crippen molar-refractivity contribution in [3.63, 3.8) is 0 Å². The first-order valence-corrected chi connectivity index (χ1v) is 2.72. The van der Waals surface area contributed by atoms with Crippen LogP contribution in [0.1, 0.15) is 0 Å². The summed E-state index contributed by atoms with van der Waals surface area (Å²) >= 11 is 0. The van der Waals surface area contributed by atoms with Crippen molar-refractivity contribution >= 4 is 11.0 Å². The zero-order valence-corrected chi connectivity index (χ0v) is 6.01. The predicted octanol–water partition coefficient (Wildman–Crippen LogP) is 0.955. The normalized spacial score (nSPS) is 9.20. The molecule has 0 bridgehead atoms. The summed E-state index contributed by atoms with van der Waals surface area (Å²) in [4.78, 5) is 0. The van der Waals surface area contributed by atoms with Gasteiger partial charge in [-0.15, -0.1) is 0 Å². The maximum atomic E-state index is 3.88. The second-order valence-electron chi connectivity index (χ2n) is 1.81. The van der Waals surface area contributed by atoms with Crippen LogP contribution in [0.2, 0.25) is 0 Å². The van der Waals surface area contributed by atoms with Gasteiger partial charge in [0, 0.05) is 16.5 Å². The Morgan fingerprint density at radius 3 is 2.00 bits per heavy atom. The summed E-state index contributed by atoms with van der Waals surface area (Å²) < 4.78 is 0. The molecule has 2 aromatic rings. The van der Waals surface area contributed by atoms with Gasteiger partial charge in [0.15, 0.2) is 0 Å². The van der Waals surface area contributed by atoms with Gasteiger partial charge in [-0.1, -0.05) is 12.1 Å². The Hall–Kier alpha value is -0.886. The molecule has 54 valence electrons. The molecule has 4 heteroatoms. The number of aromatic nitrogens is 3. The van der Waals surface area contributed by atoms with Crippen molar-refractivity contribution < 1.29 is 16.5 Å². The SMILES string of the molecule is [Ni].c1ccc2n[nH]nc2c1. The van der Waals surface area contributed by atoms with Gasteiger partial charge in [-0.25, -0.2) is 0 Å². The fourth-order valence-corrected chi connectivity index (χ4v) is 0.786. The molecule has 2 rings (SSSR count). The maximum Gasteiger partial charge on any atom is 0.112 e. The molecule has 0 fully saturated rings.